The van der Waals surface area contributed by atoms with Crippen LogP contribution in [0.1, 0.15) is 5.56 Å². The summed E-state index contributed by atoms with van der Waals surface area (Å²) >= 11 is 0. The lowest BCUT2D eigenvalue weighted by Gasteiger charge is -2.27. The second-order valence-electron chi connectivity index (χ2n) is 6.80. The average Bonchev–Trinajstić information content (AvgIpc) is 2.88. The second kappa shape index (κ2) is 6.99. The molecule has 4 heteroatoms. The first-order valence-electron chi connectivity index (χ1n) is 9.29. The van der Waals surface area contributed by atoms with Gasteiger partial charge in [-0.3, -0.25) is 4.90 Å². The summed E-state index contributed by atoms with van der Waals surface area (Å²) in [6.45, 7) is 0. The third kappa shape index (κ3) is 3.09. The summed E-state index contributed by atoms with van der Waals surface area (Å²) in [7, 11) is 0. The van der Waals surface area contributed by atoms with Crippen molar-refractivity contribution in [3.05, 3.63) is 114 Å². The van der Waals surface area contributed by atoms with E-state index in [-0.39, 0.29) is 0 Å². The van der Waals surface area contributed by atoms with Crippen LogP contribution in [0.3, 0.4) is 0 Å². The summed E-state index contributed by atoms with van der Waals surface area (Å²) in [5.41, 5.74) is 4.85. The largest absolute Gasteiger partial charge is 0.294 e. The molecule has 140 valence electrons. The van der Waals surface area contributed by atoms with Crippen molar-refractivity contribution in [2.24, 2.45) is 4.99 Å². The number of rotatable bonds is 2. The van der Waals surface area contributed by atoms with Gasteiger partial charge in [0, 0.05) is 28.4 Å². The summed E-state index contributed by atoms with van der Waals surface area (Å²) in [5, 5.41) is 0. The van der Waals surface area contributed by atoms with Crippen molar-refractivity contribution < 1.29 is 8.78 Å². The summed E-state index contributed by atoms with van der Waals surface area (Å²) in [6, 6.07) is 29.0. The van der Waals surface area contributed by atoms with Crippen molar-refractivity contribution in [1.82, 2.24) is 0 Å². The number of benzene rings is 4. The minimum Gasteiger partial charge on any atom is -0.294 e. The molecular formula is C25H16F2N2. The molecule has 1 aliphatic rings. The zero-order valence-electron chi connectivity index (χ0n) is 15.4. The van der Waals surface area contributed by atoms with Crippen LogP contribution in [-0.2, 0) is 0 Å². The number of nitrogens with zero attached hydrogens (tertiary/aromatic N) is 2. The monoisotopic (exact) mass is 382 g/mol. The molecule has 0 unspecified atom stereocenters. The molecule has 1 heterocycles. The first-order chi connectivity index (χ1) is 14.2. The maximum Gasteiger partial charge on any atom is 0.145 e. The van der Waals surface area contributed by atoms with Crippen molar-refractivity contribution in [3.8, 4) is 11.1 Å². The number of para-hydroxylation sites is 3. The van der Waals surface area contributed by atoms with Crippen LogP contribution in [0.15, 0.2) is 102 Å². The Balaban J connectivity index is 1.87. The van der Waals surface area contributed by atoms with Gasteiger partial charge in [-0.05, 0) is 36.4 Å². The second-order valence-corrected chi connectivity index (χ2v) is 6.80. The molecule has 0 bridgehead atoms. The van der Waals surface area contributed by atoms with Gasteiger partial charge in [-0.2, -0.15) is 0 Å². The van der Waals surface area contributed by atoms with Gasteiger partial charge < -0.3 is 0 Å². The highest BCUT2D eigenvalue weighted by atomic mass is 19.1. The number of hydrogen-bond donors (Lipinski definition) is 0. The highest BCUT2D eigenvalue weighted by Crippen LogP contribution is 2.43. The zero-order chi connectivity index (χ0) is 19.8. The van der Waals surface area contributed by atoms with Gasteiger partial charge in [-0.1, -0.05) is 54.6 Å². The van der Waals surface area contributed by atoms with Gasteiger partial charge in [0.2, 0.25) is 0 Å². The van der Waals surface area contributed by atoms with Gasteiger partial charge in [0.05, 0.1) is 11.4 Å². The van der Waals surface area contributed by atoms with E-state index in [1.807, 2.05) is 83.8 Å². The molecule has 0 atom stereocenters. The molecule has 2 nitrogen and oxygen atoms in total. The molecule has 0 saturated heterocycles. The van der Waals surface area contributed by atoms with Crippen LogP contribution in [0.25, 0.3) is 11.1 Å². The average molecular weight is 382 g/mol. The van der Waals surface area contributed by atoms with Gasteiger partial charge in [0.25, 0.3) is 0 Å². The van der Waals surface area contributed by atoms with Crippen LogP contribution in [0.2, 0.25) is 0 Å². The third-order valence-corrected chi connectivity index (χ3v) is 4.91. The number of amidine groups is 1. The summed E-state index contributed by atoms with van der Waals surface area (Å²) in [5.74, 6) is -0.810. The fourth-order valence-corrected chi connectivity index (χ4v) is 3.69. The van der Waals surface area contributed by atoms with E-state index in [9.17, 15) is 8.78 Å². The van der Waals surface area contributed by atoms with E-state index < -0.39 is 11.6 Å². The van der Waals surface area contributed by atoms with Crippen LogP contribution in [0.5, 0.6) is 0 Å². The summed E-state index contributed by atoms with van der Waals surface area (Å²) < 4.78 is 28.2. The molecule has 1 aliphatic heterocycles. The molecule has 0 spiro atoms. The Labute approximate surface area is 167 Å². The van der Waals surface area contributed by atoms with Gasteiger partial charge in [-0.25, -0.2) is 13.8 Å². The first kappa shape index (κ1) is 17.3. The van der Waals surface area contributed by atoms with Gasteiger partial charge in [-0.15, -0.1) is 0 Å². The van der Waals surface area contributed by atoms with Gasteiger partial charge in [0.15, 0.2) is 0 Å². The molecule has 0 radical (unpaired) electrons. The molecule has 0 amide bonds. The molecule has 0 fully saturated rings. The van der Waals surface area contributed by atoms with E-state index >= 15 is 0 Å². The Morgan fingerprint density at radius 2 is 1.24 bits per heavy atom. The van der Waals surface area contributed by atoms with Crippen molar-refractivity contribution in [3.63, 3.8) is 0 Å². The first-order valence-corrected chi connectivity index (χ1v) is 9.29. The Morgan fingerprint density at radius 3 is 2.00 bits per heavy atom. The number of aliphatic imine (C=N–C) groups is 1. The quantitative estimate of drug-likeness (QED) is 0.370. The van der Waals surface area contributed by atoms with Crippen LogP contribution < -0.4 is 4.90 Å². The molecule has 29 heavy (non-hydrogen) atoms. The summed E-state index contributed by atoms with van der Waals surface area (Å²) in [6.07, 6.45) is 0. The van der Waals surface area contributed by atoms with Crippen LogP contribution in [0.4, 0.5) is 25.8 Å². The normalized spacial score (nSPS) is 12.6. The van der Waals surface area contributed by atoms with E-state index in [1.54, 1.807) is 0 Å². The number of halogens is 2. The van der Waals surface area contributed by atoms with Crippen LogP contribution >= 0.6 is 0 Å². The molecular weight excluding hydrogens is 366 g/mol. The summed E-state index contributed by atoms with van der Waals surface area (Å²) in [4.78, 5) is 6.82. The molecule has 5 rings (SSSR count). The van der Waals surface area contributed by atoms with E-state index in [0.29, 0.717) is 11.4 Å². The lowest BCUT2D eigenvalue weighted by molar-refractivity contribution is 0.583. The van der Waals surface area contributed by atoms with E-state index in [4.69, 9.17) is 4.99 Å². The Kier molecular flexibility index (Phi) is 4.17. The van der Waals surface area contributed by atoms with Crippen molar-refractivity contribution >= 4 is 22.9 Å². The SMILES string of the molecule is Fc1cc(F)cc(C2=Nc3ccccc3-c3ccccc3N2c2ccccc2)c1. The topological polar surface area (TPSA) is 15.6 Å². The minimum absolute atomic E-state index is 0.373. The third-order valence-electron chi connectivity index (χ3n) is 4.91. The Hall–Kier alpha value is -3.79. The lowest BCUT2D eigenvalue weighted by atomic mass is 10.0. The fourth-order valence-electron chi connectivity index (χ4n) is 3.69. The van der Waals surface area contributed by atoms with Crippen LogP contribution in [-0.4, -0.2) is 5.84 Å². The fraction of sp³-hybridized carbons (Fsp3) is 0. The number of fused-ring (bicyclic) bond motifs is 3. The molecule has 0 N–H and O–H groups in total. The van der Waals surface area contributed by atoms with Gasteiger partial charge >= 0.3 is 0 Å². The maximum atomic E-state index is 14.1. The minimum atomic E-state index is -0.637. The Bertz CT molecular complexity index is 1210. The van der Waals surface area contributed by atoms with E-state index in [1.165, 1.54) is 12.1 Å². The molecule has 0 saturated carbocycles. The van der Waals surface area contributed by atoms with Crippen molar-refractivity contribution in [1.29, 1.82) is 0 Å². The molecule has 0 aliphatic carbocycles. The molecule has 0 aromatic heterocycles. The standard InChI is InChI=1S/C25H16F2N2/c26-18-14-17(15-19(27)16-18)25-28-23-12-6-4-10-21(23)22-11-5-7-13-24(22)29(25)20-8-2-1-3-9-20/h1-16H. The predicted octanol–water partition coefficient (Wildman–Crippen LogP) is 6.86. The molecule has 4 aromatic rings. The highest BCUT2D eigenvalue weighted by molar-refractivity contribution is 6.18. The van der Waals surface area contributed by atoms with Crippen molar-refractivity contribution in [2.45, 2.75) is 0 Å². The smallest absolute Gasteiger partial charge is 0.145 e. The predicted molar refractivity (Wildman–Crippen MR) is 113 cm³/mol. The molecule has 4 aromatic carbocycles. The van der Waals surface area contributed by atoms with Crippen LogP contribution in [0, 0.1) is 11.6 Å². The lowest BCUT2D eigenvalue weighted by Crippen LogP contribution is -2.27. The maximum absolute atomic E-state index is 14.1. The number of anilines is 2. The zero-order valence-corrected chi connectivity index (χ0v) is 15.4. The van der Waals surface area contributed by atoms with E-state index in [0.717, 1.165) is 34.3 Å². The highest BCUT2D eigenvalue weighted by Gasteiger charge is 2.26. The van der Waals surface area contributed by atoms with E-state index in [2.05, 4.69) is 0 Å². The Morgan fingerprint density at radius 1 is 0.621 bits per heavy atom. The number of hydrogen-bond acceptors (Lipinski definition) is 2. The van der Waals surface area contributed by atoms with Gasteiger partial charge in [0.1, 0.15) is 17.5 Å². The van der Waals surface area contributed by atoms with Crippen molar-refractivity contribution in [2.75, 3.05) is 4.90 Å².